The van der Waals surface area contributed by atoms with Gasteiger partial charge in [0.05, 0.1) is 12.0 Å². The van der Waals surface area contributed by atoms with E-state index < -0.39 is 0 Å². The molecule has 28 heavy (non-hydrogen) atoms. The lowest BCUT2D eigenvalue weighted by Crippen LogP contribution is -2.48. The summed E-state index contributed by atoms with van der Waals surface area (Å²) in [6, 6.07) is 9.38. The van der Waals surface area contributed by atoms with Crippen molar-refractivity contribution in [2.24, 2.45) is 5.41 Å². The molecule has 1 amide bonds. The summed E-state index contributed by atoms with van der Waals surface area (Å²) in [4.78, 5) is 23.2. The van der Waals surface area contributed by atoms with Crippen LogP contribution in [0.2, 0.25) is 0 Å². The van der Waals surface area contributed by atoms with E-state index >= 15 is 0 Å². The molecule has 2 aromatic heterocycles. The van der Waals surface area contributed by atoms with E-state index in [0.29, 0.717) is 24.5 Å². The van der Waals surface area contributed by atoms with E-state index in [1.807, 2.05) is 6.20 Å². The topological polar surface area (TPSA) is 89.7 Å². The number of fused-ring (bicyclic) bond motifs is 3. The van der Waals surface area contributed by atoms with Crippen LogP contribution in [0.4, 0.5) is 0 Å². The van der Waals surface area contributed by atoms with E-state index in [0.717, 1.165) is 25.8 Å². The maximum absolute atomic E-state index is 13.2. The zero-order chi connectivity index (χ0) is 19.1. The van der Waals surface area contributed by atoms with Crippen molar-refractivity contribution < 1.29 is 4.79 Å². The van der Waals surface area contributed by atoms with Crippen LogP contribution in [0, 0.1) is 5.41 Å². The molecule has 3 aromatic rings. The lowest BCUT2D eigenvalue weighted by atomic mass is 9.71. The number of carbonyl (C=O) groups is 1. The fraction of sp³-hybridized carbons (Fsp3) is 0.476. The van der Waals surface area contributed by atoms with Crippen molar-refractivity contribution in [3.63, 3.8) is 0 Å². The molecule has 4 heterocycles. The highest BCUT2D eigenvalue weighted by Crippen LogP contribution is 2.52. The van der Waals surface area contributed by atoms with Crippen LogP contribution < -0.4 is 5.32 Å². The summed E-state index contributed by atoms with van der Waals surface area (Å²) in [5, 5.41) is 11.1. The molecule has 2 fully saturated rings. The Kier molecular flexibility index (Phi) is 4.19. The Morgan fingerprint density at radius 1 is 1.36 bits per heavy atom. The molecule has 2 aliphatic rings. The number of aromatic nitrogens is 4. The van der Waals surface area contributed by atoms with Gasteiger partial charge in [-0.15, -0.1) is 0 Å². The Morgan fingerprint density at radius 2 is 2.29 bits per heavy atom. The first-order chi connectivity index (χ1) is 13.7. The normalized spacial score (nSPS) is 26.9. The van der Waals surface area contributed by atoms with Gasteiger partial charge < -0.3 is 10.3 Å². The van der Waals surface area contributed by atoms with Gasteiger partial charge in [0.25, 0.3) is 0 Å². The van der Waals surface area contributed by atoms with Crippen LogP contribution in [0.1, 0.15) is 44.0 Å². The molecule has 7 heteroatoms. The van der Waals surface area contributed by atoms with Gasteiger partial charge in [0, 0.05) is 35.7 Å². The van der Waals surface area contributed by atoms with Gasteiger partial charge in [0.15, 0.2) is 0 Å². The van der Waals surface area contributed by atoms with Crippen molar-refractivity contribution in [2.45, 2.75) is 57.8 Å². The van der Waals surface area contributed by atoms with Crippen molar-refractivity contribution in [1.29, 1.82) is 0 Å². The van der Waals surface area contributed by atoms with Gasteiger partial charge in [-0.25, -0.2) is 4.98 Å². The van der Waals surface area contributed by atoms with Crippen LogP contribution in [0.15, 0.2) is 36.8 Å². The SMILES string of the molecule is CC[C@@]1(C(=O)NCc2ncn[nH]2)C[C@@H]2CC[C@H]1N2Cc1cccc2[nH]ccc12. The number of amides is 1. The molecule has 0 aliphatic carbocycles. The Hall–Kier alpha value is -2.67. The highest BCUT2D eigenvalue weighted by Gasteiger charge is 2.58. The summed E-state index contributed by atoms with van der Waals surface area (Å²) in [5.41, 5.74) is 2.20. The number of H-pyrrole nitrogens is 2. The van der Waals surface area contributed by atoms with E-state index in [1.165, 1.54) is 29.2 Å². The number of aromatic amines is 2. The standard InChI is InChI=1S/C21H26N6O/c1-2-21(20(28)23-11-19-24-13-25-26-19)10-15-6-7-18(21)27(15)12-14-4-3-5-17-16(14)8-9-22-17/h3-5,8-9,13,15,18,22H,2,6-7,10-12H2,1H3,(H,23,28)(H,24,25,26)/t15-,18+,21+/m0/s1. The smallest absolute Gasteiger partial charge is 0.228 e. The molecule has 0 unspecified atom stereocenters. The fourth-order valence-electron chi connectivity index (χ4n) is 5.47. The average Bonchev–Trinajstić information content (AvgIpc) is 3.50. The van der Waals surface area contributed by atoms with Gasteiger partial charge in [0.2, 0.25) is 5.91 Å². The zero-order valence-corrected chi connectivity index (χ0v) is 16.1. The van der Waals surface area contributed by atoms with Crippen LogP contribution in [0.5, 0.6) is 0 Å². The monoisotopic (exact) mass is 378 g/mol. The molecule has 0 spiro atoms. The van der Waals surface area contributed by atoms with Crippen LogP contribution in [0.25, 0.3) is 10.9 Å². The number of benzene rings is 1. The summed E-state index contributed by atoms with van der Waals surface area (Å²) < 4.78 is 0. The van der Waals surface area contributed by atoms with E-state index in [2.05, 4.69) is 61.6 Å². The highest BCUT2D eigenvalue weighted by molar-refractivity contribution is 5.84. The highest BCUT2D eigenvalue weighted by atomic mass is 16.2. The molecule has 0 radical (unpaired) electrons. The van der Waals surface area contributed by atoms with Crippen LogP contribution in [-0.4, -0.2) is 43.1 Å². The predicted octanol–water partition coefficient (Wildman–Crippen LogP) is 2.74. The second-order valence-corrected chi connectivity index (χ2v) is 8.10. The van der Waals surface area contributed by atoms with Gasteiger partial charge in [0.1, 0.15) is 12.2 Å². The van der Waals surface area contributed by atoms with Crippen molar-refractivity contribution in [1.82, 2.24) is 30.4 Å². The van der Waals surface area contributed by atoms with E-state index in [-0.39, 0.29) is 11.3 Å². The minimum Gasteiger partial charge on any atom is -0.361 e. The summed E-state index contributed by atoms with van der Waals surface area (Å²) >= 11 is 0. The molecule has 7 nitrogen and oxygen atoms in total. The predicted molar refractivity (Wildman–Crippen MR) is 106 cm³/mol. The van der Waals surface area contributed by atoms with Crippen molar-refractivity contribution in [3.05, 3.63) is 48.2 Å². The first kappa shape index (κ1) is 17.4. The Bertz CT molecular complexity index is 980. The number of carbonyl (C=O) groups excluding carboxylic acids is 1. The zero-order valence-electron chi connectivity index (χ0n) is 16.1. The molecule has 5 rings (SSSR count). The van der Waals surface area contributed by atoms with Crippen LogP contribution >= 0.6 is 0 Å². The minimum absolute atomic E-state index is 0.156. The molecular weight excluding hydrogens is 352 g/mol. The largest absolute Gasteiger partial charge is 0.361 e. The molecule has 2 aliphatic heterocycles. The number of hydrogen-bond acceptors (Lipinski definition) is 4. The maximum atomic E-state index is 13.2. The van der Waals surface area contributed by atoms with Crippen molar-refractivity contribution in [3.8, 4) is 0 Å². The Balaban J connectivity index is 1.37. The fourth-order valence-corrected chi connectivity index (χ4v) is 5.47. The van der Waals surface area contributed by atoms with Crippen LogP contribution in [0.3, 0.4) is 0 Å². The lowest BCUT2D eigenvalue weighted by molar-refractivity contribution is -0.133. The first-order valence-electron chi connectivity index (χ1n) is 10.1. The third kappa shape index (κ3) is 2.64. The first-order valence-corrected chi connectivity index (χ1v) is 10.1. The second-order valence-electron chi connectivity index (χ2n) is 8.10. The molecule has 0 saturated carbocycles. The van der Waals surface area contributed by atoms with Gasteiger partial charge in [-0.3, -0.25) is 14.8 Å². The quantitative estimate of drug-likeness (QED) is 0.615. The molecule has 3 atom stereocenters. The molecule has 146 valence electrons. The lowest BCUT2D eigenvalue weighted by Gasteiger charge is -2.35. The molecule has 1 aromatic carbocycles. The average molecular weight is 378 g/mol. The van der Waals surface area contributed by atoms with E-state index in [1.54, 1.807) is 0 Å². The Morgan fingerprint density at radius 3 is 3.11 bits per heavy atom. The van der Waals surface area contributed by atoms with Gasteiger partial charge in [-0.05, 0) is 43.4 Å². The Labute approximate surface area is 163 Å². The van der Waals surface area contributed by atoms with Gasteiger partial charge >= 0.3 is 0 Å². The van der Waals surface area contributed by atoms with Crippen molar-refractivity contribution in [2.75, 3.05) is 0 Å². The molecule has 2 saturated heterocycles. The summed E-state index contributed by atoms with van der Waals surface area (Å²) in [6.45, 7) is 3.46. The number of nitrogens with zero attached hydrogens (tertiary/aromatic N) is 3. The summed E-state index contributed by atoms with van der Waals surface area (Å²) in [6.07, 6.45) is 7.56. The van der Waals surface area contributed by atoms with Gasteiger partial charge in [-0.2, -0.15) is 5.10 Å². The van der Waals surface area contributed by atoms with Crippen LogP contribution in [-0.2, 0) is 17.9 Å². The third-order valence-corrected chi connectivity index (χ3v) is 6.88. The third-order valence-electron chi connectivity index (χ3n) is 6.88. The minimum atomic E-state index is -0.311. The molecular formula is C21H26N6O. The maximum Gasteiger partial charge on any atom is 0.228 e. The van der Waals surface area contributed by atoms with Crippen molar-refractivity contribution >= 4 is 16.8 Å². The van der Waals surface area contributed by atoms with E-state index in [4.69, 9.17) is 0 Å². The second kappa shape index (κ2) is 6.74. The number of rotatable bonds is 6. The number of hydrogen-bond donors (Lipinski definition) is 3. The van der Waals surface area contributed by atoms with Gasteiger partial charge in [-0.1, -0.05) is 19.1 Å². The number of nitrogens with one attached hydrogen (secondary N) is 3. The van der Waals surface area contributed by atoms with E-state index in [9.17, 15) is 4.79 Å². The summed E-state index contributed by atoms with van der Waals surface area (Å²) in [7, 11) is 0. The summed E-state index contributed by atoms with van der Waals surface area (Å²) in [5.74, 6) is 0.849. The molecule has 2 bridgehead atoms. The molecule has 3 N–H and O–H groups in total.